The van der Waals surface area contributed by atoms with Crippen LogP contribution in [0, 0.1) is 0 Å². The summed E-state index contributed by atoms with van der Waals surface area (Å²) in [6.07, 6.45) is -1.33. The quantitative estimate of drug-likeness (QED) is 0.287. The van der Waals surface area contributed by atoms with E-state index in [0.717, 1.165) is 0 Å². The van der Waals surface area contributed by atoms with Crippen molar-refractivity contribution in [3.63, 3.8) is 0 Å². The summed E-state index contributed by atoms with van der Waals surface area (Å²) in [7, 11) is -4.46. The molecule has 0 saturated carbocycles. The minimum atomic E-state index is -4.46. The molecule has 8 nitrogen and oxygen atoms in total. The molecule has 0 bridgehead atoms. The highest BCUT2D eigenvalue weighted by Crippen LogP contribution is 2.36. The third-order valence-corrected chi connectivity index (χ3v) is 3.65. The molecule has 6 N–H and O–H groups in total. The maximum Gasteiger partial charge on any atom is 0.326 e. The van der Waals surface area contributed by atoms with Gasteiger partial charge in [-0.2, -0.15) is 0 Å². The number of rotatable bonds is 6. The molecule has 15 heavy (non-hydrogen) atoms. The fourth-order valence-corrected chi connectivity index (χ4v) is 3.01. The van der Waals surface area contributed by atoms with Crippen molar-refractivity contribution in [2.24, 2.45) is 5.73 Å². The number of carbonyl (C=O) groups is 1. The van der Waals surface area contributed by atoms with Crippen LogP contribution >= 0.6 is 7.60 Å². The van der Waals surface area contributed by atoms with Crippen molar-refractivity contribution in [3.05, 3.63) is 0 Å². The Kier molecular flexibility index (Phi) is 5.57. The molecule has 0 aliphatic heterocycles. The van der Waals surface area contributed by atoms with Gasteiger partial charge in [0.1, 0.15) is 6.04 Å². The SMILES string of the molecule is NC(CC(CP(=O)(O)O)S(=O)O)C(=O)O. The molecule has 0 heterocycles. The highest BCUT2D eigenvalue weighted by atomic mass is 32.2. The lowest BCUT2D eigenvalue weighted by molar-refractivity contribution is -0.138. The van der Waals surface area contributed by atoms with Gasteiger partial charge in [-0.05, 0) is 6.42 Å². The zero-order valence-corrected chi connectivity index (χ0v) is 9.23. The van der Waals surface area contributed by atoms with Crippen LogP contribution < -0.4 is 5.73 Å². The van der Waals surface area contributed by atoms with E-state index in [0.29, 0.717) is 0 Å². The lowest BCUT2D eigenvalue weighted by Crippen LogP contribution is -2.36. The number of carboxylic acid groups (broad SMARTS) is 1. The van der Waals surface area contributed by atoms with Crippen molar-refractivity contribution in [3.8, 4) is 0 Å². The molecule has 0 rings (SSSR count). The Bertz CT molecular complexity index is 302. The van der Waals surface area contributed by atoms with Gasteiger partial charge in [0.25, 0.3) is 0 Å². The summed E-state index contributed by atoms with van der Waals surface area (Å²) in [5.74, 6) is -1.39. The molecule has 0 fully saturated rings. The van der Waals surface area contributed by atoms with E-state index in [9.17, 15) is 13.6 Å². The van der Waals surface area contributed by atoms with Gasteiger partial charge in [0.15, 0.2) is 11.1 Å². The molecule has 0 spiro atoms. The predicted octanol–water partition coefficient (Wildman–Crippen LogP) is -1.44. The largest absolute Gasteiger partial charge is 0.480 e. The van der Waals surface area contributed by atoms with Gasteiger partial charge in [-0.3, -0.25) is 9.36 Å². The summed E-state index contributed by atoms with van der Waals surface area (Å²) in [4.78, 5) is 27.5. The van der Waals surface area contributed by atoms with E-state index in [-0.39, 0.29) is 0 Å². The van der Waals surface area contributed by atoms with Crippen LogP contribution in [-0.4, -0.2) is 47.1 Å². The van der Waals surface area contributed by atoms with Gasteiger partial charge in [-0.25, -0.2) is 4.21 Å². The first-order chi connectivity index (χ1) is 6.63. The maximum absolute atomic E-state index is 10.7. The van der Waals surface area contributed by atoms with Crippen molar-refractivity contribution < 1.29 is 33.0 Å². The van der Waals surface area contributed by atoms with Crippen LogP contribution in [0.2, 0.25) is 0 Å². The Labute approximate surface area is 87.9 Å². The monoisotopic (exact) mass is 261 g/mol. The third-order valence-electron chi connectivity index (χ3n) is 1.56. The molecular formula is C5H12NO7PS. The van der Waals surface area contributed by atoms with Crippen LogP contribution in [0.1, 0.15) is 6.42 Å². The molecule has 3 atom stereocenters. The van der Waals surface area contributed by atoms with E-state index in [2.05, 4.69) is 0 Å². The van der Waals surface area contributed by atoms with Gasteiger partial charge in [0, 0.05) is 0 Å². The van der Waals surface area contributed by atoms with Gasteiger partial charge in [-0.1, -0.05) is 0 Å². The van der Waals surface area contributed by atoms with Crippen LogP contribution in [-0.2, 0) is 20.4 Å². The molecule has 0 aromatic rings. The summed E-state index contributed by atoms with van der Waals surface area (Å²) >= 11 is -2.52. The van der Waals surface area contributed by atoms with Gasteiger partial charge in [0.2, 0.25) is 0 Å². The average Bonchev–Trinajstić information content (AvgIpc) is 1.99. The van der Waals surface area contributed by atoms with E-state index < -0.39 is 48.5 Å². The molecule has 90 valence electrons. The summed E-state index contributed by atoms with van der Waals surface area (Å²) in [6.45, 7) is 0. The molecule has 0 radical (unpaired) electrons. The molecule has 0 saturated heterocycles. The van der Waals surface area contributed by atoms with E-state index >= 15 is 0 Å². The number of hydrogen-bond acceptors (Lipinski definition) is 4. The Balaban J connectivity index is 4.49. The van der Waals surface area contributed by atoms with Crippen LogP contribution in [0.4, 0.5) is 0 Å². The number of aliphatic carboxylic acids is 1. The Morgan fingerprint density at radius 1 is 1.47 bits per heavy atom. The zero-order chi connectivity index (χ0) is 12.2. The van der Waals surface area contributed by atoms with Crippen LogP contribution in [0.25, 0.3) is 0 Å². The first-order valence-electron chi connectivity index (χ1n) is 3.76. The Morgan fingerprint density at radius 3 is 2.20 bits per heavy atom. The van der Waals surface area contributed by atoms with Gasteiger partial charge < -0.3 is 25.2 Å². The van der Waals surface area contributed by atoms with Crippen LogP contribution in [0.15, 0.2) is 0 Å². The van der Waals surface area contributed by atoms with Crippen molar-refractivity contribution in [1.29, 1.82) is 0 Å². The van der Waals surface area contributed by atoms with E-state index in [1.54, 1.807) is 0 Å². The Hall–Kier alpha value is -0.310. The maximum atomic E-state index is 10.7. The average molecular weight is 261 g/mol. The topological polar surface area (TPSA) is 158 Å². The normalized spacial score (nSPS) is 18.1. The zero-order valence-electron chi connectivity index (χ0n) is 7.52. The van der Waals surface area contributed by atoms with Crippen molar-refractivity contribution >= 4 is 24.6 Å². The lowest BCUT2D eigenvalue weighted by atomic mass is 10.2. The standard InChI is InChI=1S/C5H12NO7PS/c6-4(5(7)8)1-3(15(12)13)2-14(9,10)11/h3-4H,1-2,6H2,(H,7,8)(H,12,13)(H2,9,10,11). The summed E-state index contributed by atoms with van der Waals surface area (Å²) in [5.41, 5.74) is 5.08. The minimum absolute atomic E-state index is 0.469. The summed E-state index contributed by atoms with van der Waals surface area (Å²) < 4.78 is 29.9. The van der Waals surface area contributed by atoms with E-state index in [4.69, 9.17) is 25.2 Å². The molecule has 0 aliphatic rings. The fraction of sp³-hybridized carbons (Fsp3) is 0.800. The lowest BCUT2D eigenvalue weighted by Gasteiger charge is -2.15. The second-order valence-electron chi connectivity index (χ2n) is 2.93. The fourth-order valence-electron chi connectivity index (χ4n) is 0.870. The highest BCUT2D eigenvalue weighted by Gasteiger charge is 2.29. The third kappa shape index (κ3) is 6.72. The first-order valence-corrected chi connectivity index (χ1v) is 6.73. The molecule has 0 aliphatic carbocycles. The number of carboxylic acids is 1. The predicted molar refractivity (Wildman–Crippen MR) is 51.7 cm³/mol. The molecule has 10 heteroatoms. The Morgan fingerprint density at radius 2 is 1.93 bits per heavy atom. The molecule has 3 unspecified atom stereocenters. The van der Waals surface area contributed by atoms with Crippen molar-refractivity contribution in [2.45, 2.75) is 17.7 Å². The highest BCUT2D eigenvalue weighted by molar-refractivity contribution is 7.80. The first kappa shape index (κ1) is 14.7. The van der Waals surface area contributed by atoms with Gasteiger partial charge in [0.05, 0.1) is 11.4 Å². The second-order valence-corrected chi connectivity index (χ2v) is 5.84. The van der Waals surface area contributed by atoms with E-state index in [1.807, 2.05) is 0 Å². The van der Waals surface area contributed by atoms with Gasteiger partial charge in [-0.15, -0.1) is 0 Å². The van der Waals surface area contributed by atoms with Gasteiger partial charge >= 0.3 is 13.6 Å². The number of nitrogens with two attached hydrogens (primary N) is 1. The van der Waals surface area contributed by atoms with Crippen LogP contribution in [0.3, 0.4) is 0 Å². The molecular weight excluding hydrogens is 249 g/mol. The summed E-state index contributed by atoms with van der Waals surface area (Å²) in [5, 5.41) is 7.06. The smallest absolute Gasteiger partial charge is 0.326 e. The van der Waals surface area contributed by atoms with Crippen LogP contribution in [0.5, 0.6) is 0 Å². The van der Waals surface area contributed by atoms with E-state index in [1.165, 1.54) is 0 Å². The molecule has 0 aromatic carbocycles. The minimum Gasteiger partial charge on any atom is -0.480 e. The molecule has 0 aromatic heterocycles. The van der Waals surface area contributed by atoms with Crippen molar-refractivity contribution in [1.82, 2.24) is 0 Å². The molecule has 0 amide bonds. The number of hydrogen-bond donors (Lipinski definition) is 5. The van der Waals surface area contributed by atoms with Crippen molar-refractivity contribution in [2.75, 3.05) is 6.16 Å². The second kappa shape index (κ2) is 5.69. The summed E-state index contributed by atoms with van der Waals surface area (Å²) in [6, 6.07) is -1.42.